The maximum atomic E-state index is 13.9. The number of carbonyl (C=O) groups is 2. The van der Waals surface area contributed by atoms with E-state index in [1.165, 1.54) is 0 Å². The fourth-order valence-corrected chi connectivity index (χ4v) is 5.16. The Balaban J connectivity index is 1.59. The molecule has 1 saturated heterocycles. The molecule has 3 unspecified atom stereocenters. The lowest BCUT2D eigenvalue weighted by Crippen LogP contribution is -2.71. The predicted molar refractivity (Wildman–Crippen MR) is 133 cm³/mol. The smallest absolute Gasteiger partial charge is 0.321 e. The number of methoxy groups -OCH3 is 1. The molecular weight excluding hydrogens is 442 g/mol. The second-order valence-corrected chi connectivity index (χ2v) is 9.32. The van der Waals surface area contributed by atoms with E-state index in [2.05, 4.69) is 10.6 Å². The van der Waals surface area contributed by atoms with E-state index in [-0.39, 0.29) is 18.5 Å². The van der Waals surface area contributed by atoms with Gasteiger partial charge >= 0.3 is 6.03 Å². The van der Waals surface area contributed by atoms with Crippen molar-refractivity contribution >= 4 is 17.6 Å². The van der Waals surface area contributed by atoms with Crippen LogP contribution in [0.25, 0.3) is 0 Å². The van der Waals surface area contributed by atoms with Crippen LogP contribution in [-0.2, 0) is 11.3 Å². The number of fused-ring (bicyclic) bond motifs is 4. The standard InChI is InChI=1S/C28H29N3O4/c1-17-13-14-21(18(2)15-17)29-26(32)23-24-20-11-8-12-22(34-4)25(20)35-28(23,3)31(27(33)30-24)16-19-9-6-5-7-10-19/h5-15,23-24H,16H2,1-4H3,(H,29,32)(H,30,33). The highest BCUT2D eigenvalue weighted by Gasteiger charge is 2.60. The van der Waals surface area contributed by atoms with Gasteiger partial charge in [0, 0.05) is 11.3 Å². The lowest BCUT2D eigenvalue weighted by Gasteiger charge is -2.54. The number of aryl methyl sites for hydroxylation is 2. The number of anilines is 1. The van der Waals surface area contributed by atoms with Crippen LogP contribution in [0.2, 0.25) is 0 Å². The minimum atomic E-state index is -1.26. The zero-order valence-corrected chi connectivity index (χ0v) is 20.3. The van der Waals surface area contributed by atoms with Crippen LogP contribution in [0.4, 0.5) is 10.5 Å². The number of urea groups is 1. The number of benzene rings is 3. The van der Waals surface area contributed by atoms with Crippen molar-refractivity contribution in [3.63, 3.8) is 0 Å². The SMILES string of the molecule is COc1cccc2c1OC1(C)C(C(=O)Nc3ccc(C)cc3C)C2NC(=O)N1Cc1ccccc1. The molecule has 0 spiro atoms. The Morgan fingerprint density at radius 2 is 1.89 bits per heavy atom. The van der Waals surface area contributed by atoms with Crippen LogP contribution in [0, 0.1) is 19.8 Å². The van der Waals surface area contributed by atoms with Gasteiger partial charge in [0.1, 0.15) is 5.92 Å². The number of rotatable bonds is 5. The van der Waals surface area contributed by atoms with Crippen LogP contribution in [0.15, 0.2) is 66.7 Å². The molecule has 3 aromatic rings. The van der Waals surface area contributed by atoms with Gasteiger partial charge in [0.25, 0.3) is 0 Å². The van der Waals surface area contributed by atoms with Crippen LogP contribution in [0.3, 0.4) is 0 Å². The molecule has 3 atom stereocenters. The molecule has 2 bridgehead atoms. The van der Waals surface area contributed by atoms with E-state index in [0.717, 1.165) is 27.9 Å². The summed E-state index contributed by atoms with van der Waals surface area (Å²) >= 11 is 0. The third-order valence-corrected chi connectivity index (χ3v) is 6.95. The van der Waals surface area contributed by atoms with Crippen LogP contribution in [0.1, 0.15) is 35.2 Å². The zero-order chi connectivity index (χ0) is 24.7. The van der Waals surface area contributed by atoms with Crippen LogP contribution in [0.5, 0.6) is 11.5 Å². The highest BCUT2D eigenvalue weighted by atomic mass is 16.5. The monoisotopic (exact) mass is 471 g/mol. The molecule has 5 rings (SSSR count). The van der Waals surface area contributed by atoms with Gasteiger partial charge in [0.2, 0.25) is 5.91 Å². The van der Waals surface area contributed by atoms with Crippen LogP contribution < -0.4 is 20.1 Å². The lowest BCUT2D eigenvalue weighted by atomic mass is 9.78. The first kappa shape index (κ1) is 22.8. The van der Waals surface area contributed by atoms with Gasteiger partial charge < -0.3 is 20.1 Å². The van der Waals surface area contributed by atoms with Gasteiger partial charge in [-0.3, -0.25) is 9.69 Å². The number of nitrogens with one attached hydrogen (secondary N) is 2. The normalized spacial score (nSPS) is 22.5. The highest BCUT2D eigenvalue weighted by Crippen LogP contribution is 2.51. The molecule has 2 aliphatic heterocycles. The van der Waals surface area contributed by atoms with Gasteiger partial charge in [-0.15, -0.1) is 0 Å². The van der Waals surface area contributed by atoms with Gasteiger partial charge in [-0.2, -0.15) is 0 Å². The first-order valence-corrected chi connectivity index (χ1v) is 11.7. The molecule has 1 fully saturated rings. The lowest BCUT2D eigenvalue weighted by molar-refractivity contribution is -0.155. The van der Waals surface area contributed by atoms with Crippen molar-refractivity contribution in [1.82, 2.24) is 10.2 Å². The summed E-state index contributed by atoms with van der Waals surface area (Å²) in [5, 5.41) is 6.17. The molecule has 0 aromatic heterocycles. The Bertz CT molecular complexity index is 1290. The molecule has 7 nitrogen and oxygen atoms in total. The van der Waals surface area contributed by atoms with Gasteiger partial charge in [0.05, 0.1) is 19.7 Å². The van der Waals surface area contributed by atoms with Crippen molar-refractivity contribution in [3.8, 4) is 11.5 Å². The quantitative estimate of drug-likeness (QED) is 0.552. The van der Waals surface area contributed by atoms with Crippen molar-refractivity contribution in [1.29, 1.82) is 0 Å². The average Bonchev–Trinajstić information content (AvgIpc) is 2.83. The Labute approximate surface area is 205 Å². The second-order valence-electron chi connectivity index (χ2n) is 9.32. The fraction of sp³-hybridized carbons (Fsp3) is 0.286. The number of nitrogens with zero attached hydrogens (tertiary/aromatic N) is 1. The van der Waals surface area contributed by atoms with Gasteiger partial charge in [-0.05, 0) is 44.0 Å². The predicted octanol–water partition coefficient (Wildman–Crippen LogP) is 4.94. The number of hydrogen-bond acceptors (Lipinski definition) is 4. The van der Waals surface area contributed by atoms with Crippen molar-refractivity contribution in [2.24, 2.45) is 5.92 Å². The summed E-state index contributed by atoms with van der Waals surface area (Å²) in [6.07, 6.45) is 0. The molecule has 2 heterocycles. The van der Waals surface area contributed by atoms with Gasteiger partial charge in [-0.25, -0.2) is 4.79 Å². The van der Waals surface area contributed by atoms with E-state index >= 15 is 0 Å². The topological polar surface area (TPSA) is 79.9 Å². The molecule has 3 amide bonds. The third-order valence-electron chi connectivity index (χ3n) is 6.95. The largest absolute Gasteiger partial charge is 0.493 e. The highest BCUT2D eigenvalue weighted by molar-refractivity contribution is 5.96. The first-order valence-electron chi connectivity index (χ1n) is 11.7. The second kappa shape index (κ2) is 8.65. The summed E-state index contributed by atoms with van der Waals surface area (Å²) in [4.78, 5) is 28.9. The summed E-state index contributed by atoms with van der Waals surface area (Å²) in [5.74, 6) is 0.152. The van der Waals surface area contributed by atoms with Crippen LogP contribution >= 0.6 is 0 Å². The number of ether oxygens (including phenoxy) is 2. The molecule has 2 aliphatic rings. The summed E-state index contributed by atoms with van der Waals surface area (Å²) < 4.78 is 12.1. The van der Waals surface area contributed by atoms with Crippen molar-refractivity contribution in [2.45, 2.75) is 39.1 Å². The molecule has 0 saturated carbocycles. The van der Waals surface area contributed by atoms with E-state index in [0.29, 0.717) is 11.5 Å². The summed E-state index contributed by atoms with van der Waals surface area (Å²) in [6, 6.07) is 20.2. The zero-order valence-electron chi connectivity index (χ0n) is 20.3. The van der Waals surface area contributed by atoms with Crippen molar-refractivity contribution < 1.29 is 19.1 Å². The van der Waals surface area contributed by atoms with E-state index in [4.69, 9.17) is 9.47 Å². The molecule has 7 heteroatoms. The average molecular weight is 472 g/mol. The maximum Gasteiger partial charge on any atom is 0.321 e. The van der Waals surface area contributed by atoms with Gasteiger partial charge in [0.15, 0.2) is 17.2 Å². The Kier molecular flexibility index (Phi) is 5.63. The Morgan fingerprint density at radius 1 is 1.11 bits per heavy atom. The maximum absolute atomic E-state index is 13.9. The van der Waals surface area contributed by atoms with E-state index in [9.17, 15) is 9.59 Å². The number of carbonyl (C=O) groups excluding carboxylic acids is 2. The molecule has 180 valence electrons. The molecule has 2 N–H and O–H groups in total. The summed E-state index contributed by atoms with van der Waals surface area (Å²) in [6.45, 7) is 6.07. The number of para-hydroxylation sites is 1. The summed E-state index contributed by atoms with van der Waals surface area (Å²) in [7, 11) is 1.58. The van der Waals surface area contributed by atoms with Crippen molar-refractivity contribution in [3.05, 3.63) is 89.0 Å². The van der Waals surface area contributed by atoms with Crippen LogP contribution in [-0.4, -0.2) is 29.7 Å². The minimum Gasteiger partial charge on any atom is -0.493 e. The molecule has 3 aromatic carbocycles. The number of hydrogen-bond donors (Lipinski definition) is 2. The minimum absolute atomic E-state index is 0.226. The fourth-order valence-electron chi connectivity index (χ4n) is 5.16. The van der Waals surface area contributed by atoms with Gasteiger partial charge in [-0.1, -0.05) is 60.2 Å². The molecular formula is C28H29N3O4. The first-order chi connectivity index (χ1) is 16.8. The van der Waals surface area contributed by atoms with Crippen molar-refractivity contribution in [2.75, 3.05) is 12.4 Å². The molecule has 35 heavy (non-hydrogen) atoms. The Hall–Kier alpha value is -4.00. The van der Waals surface area contributed by atoms with E-state index in [1.807, 2.05) is 87.5 Å². The van der Waals surface area contributed by atoms with E-state index in [1.54, 1.807) is 12.0 Å². The van der Waals surface area contributed by atoms with E-state index < -0.39 is 17.7 Å². The molecule has 0 aliphatic carbocycles. The third kappa shape index (κ3) is 3.87. The molecule has 0 radical (unpaired) electrons. The number of amides is 3. The Morgan fingerprint density at radius 3 is 2.60 bits per heavy atom. The summed E-state index contributed by atoms with van der Waals surface area (Å²) in [5.41, 5.74) is 3.22.